The van der Waals surface area contributed by atoms with Crippen LogP contribution in [0.5, 0.6) is 11.5 Å². The third kappa shape index (κ3) is 4.74. The van der Waals surface area contributed by atoms with Crippen LogP contribution in [0.3, 0.4) is 0 Å². The van der Waals surface area contributed by atoms with E-state index in [9.17, 15) is 0 Å². The summed E-state index contributed by atoms with van der Waals surface area (Å²) in [6, 6.07) is 65.3. The Labute approximate surface area is 304 Å². The molecule has 10 rings (SSSR count). The van der Waals surface area contributed by atoms with Crippen LogP contribution in [0.25, 0.3) is 33.0 Å². The number of ether oxygens (including phenoxy) is 1. The molecule has 2 aliphatic heterocycles. The average Bonchev–Trinajstić information content (AvgIpc) is 3.20. The Morgan fingerprint density at radius 3 is 1.75 bits per heavy atom. The molecule has 8 aromatic carbocycles. The standard InChI is InChI=1S/C49H36N2O/c1-49(2)42-18-11-19-45-48(42)51(47-41-17-10-9-14-36(41)25-31-46(47)52-45)44-30-24-37(32-43(44)49)35-22-28-40(29-23-35)50(38-15-7-4-8-16-38)39-26-20-34(21-27-39)33-12-5-3-6-13-33/h3-32H,1-2H3. The lowest BCUT2D eigenvalue weighted by molar-refractivity contribution is 0.472. The molecule has 0 saturated carbocycles. The van der Waals surface area contributed by atoms with Crippen LogP contribution >= 0.6 is 0 Å². The fourth-order valence-electron chi connectivity index (χ4n) is 8.18. The van der Waals surface area contributed by atoms with Gasteiger partial charge in [0.25, 0.3) is 0 Å². The number of anilines is 6. The Morgan fingerprint density at radius 2 is 1.02 bits per heavy atom. The van der Waals surface area contributed by atoms with Crippen LogP contribution < -0.4 is 14.5 Å². The lowest BCUT2D eigenvalue weighted by Gasteiger charge is -2.45. The molecule has 0 aromatic heterocycles. The normalized spacial score (nSPS) is 13.5. The Bertz CT molecular complexity index is 2610. The topological polar surface area (TPSA) is 15.7 Å². The fraction of sp³-hybridized carbons (Fsp3) is 0.0612. The highest BCUT2D eigenvalue weighted by atomic mass is 16.5. The molecule has 0 fully saturated rings. The maximum absolute atomic E-state index is 6.61. The molecule has 2 heterocycles. The summed E-state index contributed by atoms with van der Waals surface area (Å²) in [4.78, 5) is 4.77. The van der Waals surface area contributed by atoms with Crippen molar-refractivity contribution in [3.8, 4) is 33.8 Å². The minimum Gasteiger partial charge on any atom is -0.453 e. The molecule has 0 atom stereocenters. The Hall–Kier alpha value is -6.58. The predicted molar refractivity (Wildman–Crippen MR) is 216 cm³/mol. The van der Waals surface area contributed by atoms with Crippen LogP contribution in [0.2, 0.25) is 0 Å². The summed E-state index contributed by atoms with van der Waals surface area (Å²) in [5.41, 5.74) is 13.9. The van der Waals surface area contributed by atoms with Gasteiger partial charge in [-0.05, 0) is 99.4 Å². The molecule has 3 nitrogen and oxygen atoms in total. The highest BCUT2D eigenvalue weighted by molar-refractivity contribution is 6.06. The molecule has 52 heavy (non-hydrogen) atoms. The molecular weight excluding hydrogens is 633 g/mol. The van der Waals surface area contributed by atoms with Crippen molar-refractivity contribution in [3.05, 3.63) is 193 Å². The van der Waals surface area contributed by atoms with Gasteiger partial charge in [-0.3, -0.25) is 0 Å². The summed E-state index contributed by atoms with van der Waals surface area (Å²) >= 11 is 0. The van der Waals surface area contributed by atoms with Crippen LogP contribution in [0, 0.1) is 0 Å². The summed E-state index contributed by atoms with van der Waals surface area (Å²) in [5, 5.41) is 2.38. The van der Waals surface area contributed by atoms with Crippen molar-refractivity contribution in [1.82, 2.24) is 0 Å². The van der Waals surface area contributed by atoms with Gasteiger partial charge >= 0.3 is 0 Å². The first-order chi connectivity index (χ1) is 25.5. The van der Waals surface area contributed by atoms with Crippen molar-refractivity contribution in [1.29, 1.82) is 0 Å². The first kappa shape index (κ1) is 30.3. The minimum absolute atomic E-state index is 0.241. The first-order valence-electron chi connectivity index (χ1n) is 17.9. The third-order valence-electron chi connectivity index (χ3n) is 10.8. The van der Waals surface area contributed by atoms with Crippen molar-refractivity contribution < 1.29 is 4.74 Å². The predicted octanol–water partition coefficient (Wildman–Crippen LogP) is 13.9. The molecule has 0 saturated heterocycles. The second kappa shape index (κ2) is 11.8. The quantitative estimate of drug-likeness (QED) is 0.182. The summed E-state index contributed by atoms with van der Waals surface area (Å²) in [7, 11) is 0. The van der Waals surface area contributed by atoms with E-state index in [2.05, 4.69) is 206 Å². The molecule has 248 valence electrons. The maximum atomic E-state index is 6.61. The van der Waals surface area contributed by atoms with Crippen LogP contribution in [0.15, 0.2) is 182 Å². The zero-order chi connectivity index (χ0) is 34.8. The van der Waals surface area contributed by atoms with Crippen molar-refractivity contribution in [2.45, 2.75) is 19.3 Å². The minimum atomic E-state index is -0.241. The van der Waals surface area contributed by atoms with E-state index in [4.69, 9.17) is 4.74 Å². The molecule has 2 aliphatic rings. The van der Waals surface area contributed by atoms with E-state index in [0.29, 0.717) is 0 Å². The third-order valence-corrected chi connectivity index (χ3v) is 10.8. The van der Waals surface area contributed by atoms with Crippen LogP contribution in [0.1, 0.15) is 25.0 Å². The first-order valence-corrected chi connectivity index (χ1v) is 17.9. The van der Waals surface area contributed by atoms with E-state index >= 15 is 0 Å². The lowest BCUT2D eigenvalue weighted by atomic mass is 9.72. The van der Waals surface area contributed by atoms with Crippen LogP contribution in [0.4, 0.5) is 34.1 Å². The molecule has 8 aromatic rings. The largest absolute Gasteiger partial charge is 0.453 e. The van der Waals surface area contributed by atoms with Gasteiger partial charge in [0.1, 0.15) is 0 Å². The number of fused-ring (bicyclic) bond motifs is 6. The summed E-state index contributed by atoms with van der Waals surface area (Å²) in [6.07, 6.45) is 0. The Kier molecular flexibility index (Phi) is 6.84. The van der Waals surface area contributed by atoms with E-state index in [1.807, 2.05) is 0 Å². The van der Waals surface area contributed by atoms with Gasteiger partial charge in [0.2, 0.25) is 0 Å². The van der Waals surface area contributed by atoms with E-state index in [1.165, 1.54) is 49.8 Å². The smallest absolute Gasteiger partial charge is 0.152 e. The van der Waals surface area contributed by atoms with E-state index in [0.717, 1.165) is 39.9 Å². The van der Waals surface area contributed by atoms with Crippen molar-refractivity contribution in [3.63, 3.8) is 0 Å². The molecular formula is C49H36N2O. The Morgan fingerprint density at radius 1 is 0.442 bits per heavy atom. The zero-order valence-electron chi connectivity index (χ0n) is 29.1. The lowest BCUT2D eigenvalue weighted by Crippen LogP contribution is -2.32. The SMILES string of the molecule is CC1(C)c2cc(-c3ccc(N(c4ccccc4)c4ccc(-c5ccccc5)cc4)cc3)ccc2N2c3c(cccc31)Oc1ccc3ccccc3c12. The highest BCUT2D eigenvalue weighted by Crippen LogP contribution is 2.61. The number of hydrogen-bond acceptors (Lipinski definition) is 3. The molecule has 0 aliphatic carbocycles. The van der Waals surface area contributed by atoms with Gasteiger partial charge in [0, 0.05) is 27.9 Å². The number of rotatable bonds is 5. The molecule has 0 N–H and O–H groups in total. The van der Waals surface area contributed by atoms with Crippen molar-refractivity contribution >= 4 is 44.9 Å². The second-order valence-electron chi connectivity index (χ2n) is 14.2. The number of nitrogens with zero attached hydrogens (tertiary/aromatic N) is 2. The van der Waals surface area contributed by atoms with E-state index in [1.54, 1.807) is 0 Å². The maximum Gasteiger partial charge on any atom is 0.152 e. The van der Waals surface area contributed by atoms with E-state index in [-0.39, 0.29) is 5.41 Å². The molecule has 0 bridgehead atoms. The van der Waals surface area contributed by atoms with Crippen LogP contribution in [-0.4, -0.2) is 0 Å². The molecule has 0 radical (unpaired) electrons. The number of para-hydroxylation sites is 2. The highest BCUT2D eigenvalue weighted by Gasteiger charge is 2.42. The van der Waals surface area contributed by atoms with E-state index < -0.39 is 0 Å². The fourth-order valence-corrected chi connectivity index (χ4v) is 8.18. The summed E-state index contributed by atoms with van der Waals surface area (Å²) < 4.78 is 6.61. The monoisotopic (exact) mass is 668 g/mol. The van der Waals surface area contributed by atoms with Crippen LogP contribution in [-0.2, 0) is 5.41 Å². The molecule has 0 unspecified atom stereocenters. The van der Waals surface area contributed by atoms with Gasteiger partial charge in [-0.1, -0.05) is 135 Å². The van der Waals surface area contributed by atoms with Crippen molar-refractivity contribution in [2.75, 3.05) is 9.80 Å². The second-order valence-corrected chi connectivity index (χ2v) is 14.2. The van der Waals surface area contributed by atoms with Gasteiger partial charge in [0.15, 0.2) is 11.5 Å². The van der Waals surface area contributed by atoms with Gasteiger partial charge in [-0.25, -0.2) is 0 Å². The average molecular weight is 669 g/mol. The van der Waals surface area contributed by atoms with Gasteiger partial charge in [-0.15, -0.1) is 0 Å². The molecule has 0 amide bonds. The van der Waals surface area contributed by atoms with Gasteiger partial charge in [0.05, 0.1) is 17.1 Å². The summed E-state index contributed by atoms with van der Waals surface area (Å²) in [5.74, 6) is 1.78. The summed E-state index contributed by atoms with van der Waals surface area (Å²) in [6.45, 7) is 4.68. The van der Waals surface area contributed by atoms with Gasteiger partial charge < -0.3 is 14.5 Å². The number of hydrogen-bond donors (Lipinski definition) is 0. The van der Waals surface area contributed by atoms with Crippen molar-refractivity contribution in [2.24, 2.45) is 0 Å². The Balaban J connectivity index is 1.05. The molecule has 3 heteroatoms. The molecule has 0 spiro atoms. The zero-order valence-corrected chi connectivity index (χ0v) is 29.1. The number of benzene rings is 8. The van der Waals surface area contributed by atoms with Gasteiger partial charge in [-0.2, -0.15) is 0 Å².